The molecule has 2 aliphatic rings. The van der Waals surface area contributed by atoms with E-state index in [-0.39, 0.29) is 5.91 Å². The van der Waals surface area contributed by atoms with Crippen LogP contribution in [0.1, 0.15) is 78.9 Å². The predicted octanol–water partition coefficient (Wildman–Crippen LogP) is 7.41. The van der Waals surface area contributed by atoms with Crippen LogP contribution in [0.15, 0.2) is 78.9 Å². The molecule has 0 unspecified atom stereocenters. The summed E-state index contributed by atoms with van der Waals surface area (Å²) >= 11 is 0. The number of aromatic nitrogens is 1. The molecule has 218 valence electrons. The van der Waals surface area contributed by atoms with Gasteiger partial charge in [0.2, 0.25) is 0 Å². The zero-order chi connectivity index (χ0) is 28.9. The van der Waals surface area contributed by atoms with Crippen LogP contribution in [0.3, 0.4) is 0 Å². The van der Waals surface area contributed by atoms with E-state index in [1.54, 1.807) is 0 Å². The molecule has 0 radical (unpaired) electrons. The Bertz CT molecular complexity index is 1480. The molecule has 1 aromatic heterocycles. The molecule has 2 saturated heterocycles. The molecule has 0 bridgehead atoms. The van der Waals surface area contributed by atoms with E-state index >= 15 is 0 Å². The Labute approximate surface area is 251 Å². The van der Waals surface area contributed by atoms with E-state index in [4.69, 9.17) is 4.98 Å². The van der Waals surface area contributed by atoms with Gasteiger partial charge in [-0.25, -0.2) is 4.98 Å². The molecule has 42 heavy (non-hydrogen) atoms. The molecule has 1 N–H and O–H groups in total. The molecule has 6 rings (SSSR count). The number of pyridine rings is 1. The minimum Gasteiger partial charge on any atom is -0.348 e. The van der Waals surface area contributed by atoms with Gasteiger partial charge in [-0.3, -0.25) is 9.69 Å². The van der Waals surface area contributed by atoms with Crippen molar-refractivity contribution in [1.29, 1.82) is 0 Å². The van der Waals surface area contributed by atoms with Crippen molar-refractivity contribution in [2.24, 2.45) is 0 Å². The standard InChI is InChI=1S/C37H44N4O/c1-27(2)29-17-15-28(16-18-29)25-38-37(42)35-32-13-7-8-14-34(32)39-36(30-11-5-3-6-12-30)33(35)26-40-23-19-31(20-24-40)41-21-9-4-10-22-41/h3,5-8,11-18,27,31H,4,9-10,19-26H2,1-2H3,(H,38,42). The number of hydrogen-bond donors (Lipinski definition) is 1. The van der Waals surface area contributed by atoms with Crippen molar-refractivity contribution in [2.45, 2.75) is 71.0 Å². The molecule has 2 fully saturated rings. The Balaban J connectivity index is 1.31. The van der Waals surface area contributed by atoms with E-state index in [2.05, 4.69) is 83.6 Å². The number of amides is 1. The number of benzene rings is 3. The van der Waals surface area contributed by atoms with Crippen LogP contribution in [-0.2, 0) is 13.1 Å². The number of carbonyl (C=O) groups excluding carboxylic acids is 1. The number of nitrogens with zero attached hydrogens (tertiary/aromatic N) is 3. The highest BCUT2D eigenvalue weighted by Gasteiger charge is 2.28. The van der Waals surface area contributed by atoms with Crippen molar-refractivity contribution in [3.05, 3.63) is 101 Å². The maximum atomic E-state index is 14.1. The summed E-state index contributed by atoms with van der Waals surface area (Å²) in [6.45, 7) is 10.2. The van der Waals surface area contributed by atoms with Crippen molar-refractivity contribution in [1.82, 2.24) is 20.1 Å². The van der Waals surface area contributed by atoms with Gasteiger partial charge in [0.15, 0.2) is 0 Å². The second-order valence-electron chi connectivity index (χ2n) is 12.4. The lowest BCUT2D eigenvalue weighted by Crippen LogP contribution is -2.46. The number of carbonyl (C=O) groups is 1. The molecule has 0 atom stereocenters. The molecule has 3 heterocycles. The lowest BCUT2D eigenvalue weighted by molar-refractivity contribution is 0.0885. The second kappa shape index (κ2) is 13.2. The van der Waals surface area contributed by atoms with Gasteiger partial charge in [0, 0.05) is 35.6 Å². The fraction of sp³-hybridized carbons (Fsp3) is 0.405. The smallest absolute Gasteiger partial charge is 0.252 e. The number of fused-ring (bicyclic) bond motifs is 1. The molecule has 0 aliphatic carbocycles. The summed E-state index contributed by atoms with van der Waals surface area (Å²) in [7, 11) is 0. The van der Waals surface area contributed by atoms with Gasteiger partial charge in [0.05, 0.1) is 16.8 Å². The first-order chi connectivity index (χ1) is 20.6. The SMILES string of the molecule is CC(C)c1ccc(CNC(=O)c2c(CN3CCC(N4CCCCC4)CC3)c(-c3ccccc3)nc3ccccc23)cc1. The average molecular weight is 561 g/mol. The molecular weight excluding hydrogens is 516 g/mol. The molecule has 3 aromatic carbocycles. The Kier molecular flexibility index (Phi) is 8.97. The van der Waals surface area contributed by atoms with Gasteiger partial charge in [0.1, 0.15) is 0 Å². The van der Waals surface area contributed by atoms with Crippen molar-refractivity contribution in [3.8, 4) is 11.3 Å². The molecule has 0 saturated carbocycles. The van der Waals surface area contributed by atoms with E-state index in [9.17, 15) is 4.79 Å². The van der Waals surface area contributed by atoms with Gasteiger partial charge in [-0.15, -0.1) is 0 Å². The third kappa shape index (κ3) is 6.43. The first kappa shape index (κ1) is 28.6. The highest BCUT2D eigenvalue weighted by Crippen LogP contribution is 2.33. The van der Waals surface area contributed by atoms with Crippen LogP contribution in [0.5, 0.6) is 0 Å². The normalized spacial score (nSPS) is 17.1. The lowest BCUT2D eigenvalue weighted by Gasteiger charge is -2.40. The van der Waals surface area contributed by atoms with Crippen LogP contribution in [-0.4, -0.2) is 52.9 Å². The van der Waals surface area contributed by atoms with E-state index in [0.29, 0.717) is 18.5 Å². The van der Waals surface area contributed by atoms with Crippen molar-refractivity contribution in [3.63, 3.8) is 0 Å². The van der Waals surface area contributed by atoms with Crippen molar-refractivity contribution >= 4 is 16.8 Å². The maximum absolute atomic E-state index is 14.1. The van der Waals surface area contributed by atoms with E-state index < -0.39 is 0 Å². The first-order valence-electron chi connectivity index (χ1n) is 15.9. The summed E-state index contributed by atoms with van der Waals surface area (Å²) in [5.74, 6) is 0.456. The minimum atomic E-state index is -0.0306. The lowest BCUT2D eigenvalue weighted by atomic mass is 9.94. The third-order valence-electron chi connectivity index (χ3n) is 9.21. The fourth-order valence-corrected chi connectivity index (χ4v) is 6.74. The van der Waals surface area contributed by atoms with Crippen molar-refractivity contribution < 1.29 is 4.79 Å². The monoisotopic (exact) mass is 560 g/mol. The van der Waals surface area contributed by atoms with Gasteiger partial charge in [-0.2, -0.15) is 0 Å². The van der Waals surface area contributed by atoms with E-state index in [0.717, 1.165) is 58.5 Å². The first-order valence-corrected chi connectivity index (χ1v) is 15.9. The van der Waals surface area contributed by atoms with Crippen LogP contribution in [0.25, 0.3) is 22.2 Å². The molecule has 1 amide bonds. The molecule has 0 spiro atoms. The molecule has 5 heteroatoms. The summed E-state index contributed by atoms with van der Waals surface area (Å²) < 4.78 is 0. The van der Waals surface area contributed by atoms with Crippen molar-refractivity contribution in [2.75, 3.05) is 26.2 Å². The summed E-state index contributed by atoms with van der Waals surface area (Å²) in [6, 6.07) is 27.8. The summed E-state index contributed by atoms with van der Waals surface area (Å²) in [4.78, 5) is 24.6. The van der Waals surface area contributed by atoms with Gasteiger partial charge in [-0.1, -0.05) is 93.1 Å². The van der Waals surface area contributed by atoms with Crippen LogP contribution in [0.2, 0.25) is 0 Å². The summed E-state index contributed by atoms with van der Waals surface area (Å²) in [6.07, 6.45) is 6.43. The Hall–Kier alpha value is -3.54. The Morgan fingerprint density at radius 3 is 2.26 bits per heavy atom. The highest BCUT2D eigenvalue weighted by atomic mass is 16.1. The molecule has 4 aromatic rings. The number of nitrogens with one attached hydrogen (secondary N) is 1. The third-order valence-corrected chi connectivity index (χ3v) is 9.21. The Morgan fingerprint density at radius 2 is 1.55 bits per heavy atom. The van der Waals surface area contributed by atoms with Crippen LogP contribution >= 0.6 is 0 Å². The van der Waals surface area contributed by atoms with E-state index in [1.165, 1.54) is 50.8 Å². The summed E-state index contributed by atoms with van der Waals surface area (Å²) in [5.41, 5.74) is 7.04. The average Bonchev–Trinajstić information content (AvgIpc) is 3.04. The molecule has 5 nitrogen and oxygen atoms in total. The fourth-order valence-electron chi connectivity index (χ4n) is 6.74. The highest BCUT2D eigenvalue weighted by molar-refractivity contribution is 6.09. The number of rotatable bonds is 8. The summed E-state index contributed by atoms with van der Waals surface area (Å²) in [5, 5.41) is 4.19. The van der Waals surface area contributed by atoms with Gasteiger partial charge in [-0.05, 0) is 75.0 Å². The molecular formula is C37H44N4O. The van der Waals surface area contributed by atoms with Gasteiger partial charge in [0.25, 0.3) is 5.91 Å². The van der Waals surface area contributed by atoms with Gasteiger partial charge < -0.3 is 10.2 Å². The van der Waals surface area contributed by atoms with E-state index in [1.807, 2.05) is 24.3 Å². The van der Waals surface area contributed by atoms with Crippen LogP contribution in [0, 0.1) is 0 Å². The largest absolute Gasteiger partial charge is 0.348 e. The predicted molar refractivity (Wildman–Crippen MR) is 173 cm³/mol. The Morgan fingerprint density at radius 1 is 0.857 bits per heavy atom. The number of hydrogen-bond acceptors (Lipinski definition) is 4. The number of para-hydroxylation sites is 1. The molecule has 2 aliphatic heterocycles. The zero-order valence-corrected chi connectivity index (χ0v) is 25.2. The number of piperidine rings is 2. The van der Waals surface area contributed by atoms with Crippen LogP contribution < -0.4 is 5.32 Å². The minimum absolute atomic E-state index is 0.0306. The number of likely N-dealkylation sites (tertiary alicyclic amines) is 2. The second-order valence-corrected chi connectivity index (χ2v) is 12.4. The van der Waals surface area contributed by atoms with Gasteiger partial charge >= 0.3 is 0 Å². The van der Waals surface area contributed by atoms with Crippen LogP contribution in [0.4, 0.5) is 0 Å². The zero-order valence-electron chi connectivity index (χ0n) is 25.2. The topological polar surface area (TPSA) is 48.5 Å². The maximum Gasteiger partial charge on any atom is 0.252 e. The quantitative estimate of drug-likeness (QED) is 0.244.